The topological polar surface area (TPSA) is 126 Å². The first kappa shape index (κ1) is 45.1. The maximum absolute atomic E-state index is 5.53. The summed E-state index contributed by atoms with van der Waals surface area (Å²) in [5.74, 6) is 2.92. The third-order valence-electron chi connectivity index (χ3n) is 15.0. The van der Waals surface area contributed by atoms with E-state index in [4.69, 9.17) is 39.9 Å². The Morgan fingerprint density at radius 3 is 1.05 bits per heavy atom. The van der Waals surface area contributed by atoms with E-state index < -0.39 is 0 Å². The highest BCUT2D eigenvalue weighted by Gasteiger charge is 2.34. The van der Waals surface area contributed by atoms with Crippen LogP contribution in [0.5, 0.6) is 0 Å². The second kappa shape index (κ2) is 18.2. The normalized spacial score (nSPS) is 12.2. The lowest BCUT2D eigenvalue weighted by atomic mass is 9.87. The van der Waals surface area contributed by atoms with Gasteiger partial charge < -0.3 is 4.90 Å². The molecule has 0 bridgehead atoms. The molecular weight excluding hydrogens is 987 g/mol. The van der Waals surface area contributed by atoms with E-state index in [2.05, 4.69) is 175 Å². The molecule has 0 aliphatic carbocycles. The van der Waals surface area contributed by atoms with E-state index in [0.29, 0.717) is 12.2 Å². The molecule has 8 aromatic heterocycles. The van der Waals surface area contributed by atoms with Gasteiger partial charge in [0.15, 0.2) is 22.6 Å². The molecule has 0 saturated carbocycles. The highest BCUT2D eigenvalue weighted by Crippen LogP contribution is 2.52. The van der Waals surface area contributed by atoms with Gasteiger partial charge in [-0.3, -0.25) is 18.3 Å². The van der Waals surface area contributed by atoms with Crippen LogP contribution in [0.3, 0.4) is 0 Å². The van der Waals surface area contributed by atoms with E-state index in [-0.39, 0.29) is 0 Å². The molecule has 0 amide bonds. The average Bonchev–Trinajstić information content (AvgIpc) is 4.46. The first-order chi connectivity index (χ1) is 39.7. The van der Waals surface area contributed by atoms with Crippen LogP contribution in [0.25, 0.3) is 113 Å². The summed E-state index contributed by atoms with van der Waals surface area (Å²) in [4.78, 5) is 44.3. The van der Waals surface area contributed by atoms with Crippen LogP contribution in [0.2, 0.25) is 0 Å². The Bertz CT molecular complexity index is 4860. The summed E-state index contributed by atoms with van der Waals surface area (Å²) in [6.45, 7) is 0. The molecule has 0 radical (unpaired) electrons. The molecule has 0 spiro atoms. The quantitative estimate of drug-likeness (QED) is 0.139. The van der Waals surface area contributed by atoms with Gasteiger partial charge in [0, 0.05) is 81.9 Å². The van der Waals surface area contributed by atoms with Crippen molar-refractivity contribution in [1.82, 2.24) is 58.1 Å². The van der Waals surface area contributed by atoms with Gasteiger partial charge in [-0.1, -0.05) is 91.0 Å². The number of para-hydroxylation sites is 5. The Hall–Kier alpha value is -11.2. The molecule has 0 saturated heterocycles. The molecule has 13 nitrogen and oxygen atoms in total. The molecule has 16 rings (SSSR count). The standard InChI is InChI=1S/C67H43N13/c1-6-20-45(21-7-1)76-58-42-53(63-75-57-33-19-37-71-67(57)80(63)49-28-14-5-15-29-49)52(62-74-56-32-18-36-70-66(56)79(62)48-26-12-4-13-27-48)39-43(58)38-50-51(61-73-55-31-17-35-69-65(55)78(61)47-24-10-3-11-25-47)40-44(41-59(50)76)60-72-54-30-16-34-68-64(54)77(60)46-22-8-2-9-23-46/h1-37,39-42H,38H2. The number of rotatable bonds is 9. The number of pyridine rings is 4. The summed E-state index contributed by atoms with van der Waals surface area (Å²) in [6.07, 6.45) is 7.83. The van der Waals surface area contributed by atoms with Crippen LogP contribution in [0, 0.1) is 0 Å². The maximum atomic E-state index is 5.53. The van der Waals surface area contributed by atoms with Gasteiger partial charge in [0.05, 0.1) is 11.4 Å². The van der Waals surface area contributed by atoms with E-state index >= 15 is 0 Å². The Labute approximate surface area is 457 Å². The molecule has 0 fully saturated rings. The Morgan fingerprint density at radius 1 is 0.287 bits per heavy atom. The van der Waals surface area contributed by atoms with Crippen LogP contribution in [0.15, 0.2) is 249 Å². The summed E-state index contributed by atoms with van der Waals surface area (Å²) in [5, 5.41) is 0. The first-order valence-corrected chi connectivity index (χ1v) is 26.5. The lowest BCUT2D eigenvalue weighted by molar-refractivity contribution is 1.03. The summed E-state index contributed by atoms with van der Waals surface area (Å²) in [5.41, 5.74) is 18.4. The lowest BCUT2D eigenvalue weighted by Crippen LogP contribution is -2.20. The zero-order valence-corrected chi connectivity index (χ0v) is 42.7. The summed E-state index contributed by atoms with van der Waals surface area (Å²) < 4.78 is 8.68. The fourth-order valence-corrected chi connectivity index (χ4v) is 11.6. The number of benzene rings is 7. The molecule has 0 unspecified atom stereocenters. The SMILES string of the molecule is c1ccc(N2c3cc(-c4nc5cccnc5n4-c4ccccc4)c(-c4nc5cccnc5n4-c4ccccc4)cc3Cc3c(-c4nc5cccnc5n4-c4ccccc4)cc(-c4nc5cccnc5n4-c4ccccc4)cc32)cc1. The van der Waals surface area contributed by atoms with Crippen molar-refractivity contribution in [2.45, 2.75) is 6.42 Å². The van der Waals surface area contributed by atoms with Crippen LogP contribution < -0.4 is 4.90 Å². The van der Waals surface area contributed by atoms with E-state index in [1.807, 2.05) is 97.6 Å². The third kappa shape index (κ3) is 7.18. The van der Waals surface area contributed by atoms with Crippen LogP contribution in [-0.2, 0) is 6.42 Å². The lowest BCUT2D eigenvalue weighted by Gasteiger charge is -2.36. The van der Waals surface area contributed by atoms with Crippen molar-refractivity contribution >= 4 is 61.7 Å². The predicted octanol–water partition coefficient (Wildman–Crippen LogP) is 14.7. The average molecular weight is 1030 g/mol. The van der Waals surface area contributed by atoms with E-state index in [9.17, 15) is 0 Å². The number of anilines is 3. The first-order valence-electron chi connectivity index (χ1n) is 26.5. The minimum Gasteiger partial charge on any atom is -0.310 e. The smallest absolute Gasteiger partial charge is 0.164 e. The van der Waals surface area contributed by atoms with Gasteiger partial charge in [0.1, 0.15) is 45.4 Å². The van der Waals surface area contributed by atoms with Crippen LogP contribution in [0.1, 0.15) is 11.1 Å². The van der Waals surface area contributed by atoms with Gasteiger partial charge in [0.25, 0.3) is 0 Å². The molecule has 0 atom stereocenters. The van der Waals surface area contributed by atoms with Gasteiger partial charge in [0.2, 0.25) is 0 Å². The van der Waals surface area contributed by atoms with Gasteiger partial charge in [-0.15, -0.1) is 0 Å². The molecule has 13 heteroatoms. The van der Waals surface area contributed by atoms with Crippen molar-refractivity contribution in [3.8, 4) is 68.3 Å². The largest absolute Gasteiger partial charge is 0.310 e. The molecule has 1 aliphatic heterocycles. The molecule has 0 N–H and O–H groups in total. The van der Waals surface area contributed by atoms with Gasteiger partial charge in [-0.05, 0) is 145 Å². The van der Waals surface area contributed by atoms with E-state index in [0.717, 1.165) is 135 Å². The zero-order chi connectivity index (χ0) is 52.7. The molecule has 376 valence electrons. The number of fused-ring (bicyclic) bond motifs is 6. The van der Waals surface area contributed by atoms with Crippen molar-refractivity contribution in [2.75, 3.05) is 4.90 Å². The second-order valence-electron chi connectivity index (χ2n) is 19.7. The highest BCUT2D eigenvalue weighted by atomic mass is 15.2. The summed E-state index contributed by atoms with van der Waals surface area (Å²) in [6, 6.07) is 77.1. The molecule has 7 aromatic carbocycles. The minimum atomic E-state index is 0.513. The molecule has 15 aromatic rings. The molecular formula is C67H43N13. The van der Waals surface area contributed by atoms with Gasteiger partial charge in [-0.25, -0.2) is 39.9 Å². The number of imidazole rings is 4. The molecule has 9 heterocycles. The maximum Gasteiger partial charge on any atom is 0.164 e. The third-order valence-corrected chi connectivity index (χ3v) is 15.0. The number of hydrogen-bond donors (Lipinski definition) is 0. The van der Waals surface area contributed by atoms with Crippen molar-refractivity contribution in [1.29, 1.82) is 0 Å². The van der Waals surface area contributed by atoms with Crippen molar-refractivity contribution in [3.63, 3.8) is 0 Å². The second-order valence-corrected chi connectivity index (χ2v) is 19.7. The Balaban J connectivity index is 1.04. The fourth-order valence-electron chi connectivity index (χ4n) is 11.6. The zero-order valence-electron chi connectivity index (χ0n) is 42.7. The van der Waals surface area contributed by atoms with Gasteiger partial charge >= 0.3 is 0 Å². The van der Waals surface area contributed by atoms with Crippen LogP contribution >= 0.6 is 0 Å². The number of nitrogens with zero attached hydrogens (tertiary/aromatic N) is 13. The van der Waals surface area contributed by atoms with E-state index in [1.165, 1.54) is 0 Å². The number of hydrogen-bond acceptors (Lipinski definition) is 9. The Kier molecular flexibility index (Phi) is 10.3. The van der Waals surface area contributed by atoms with Crippen molar-refractivity contribution in [3.05, 3.63) is 260 Å². The van der Waals surface area contributed by atoms with Crippen LogP contribution in [-0.4, -0.2) is 58.1 Å². The van der Waals surface area contributed by atoms with Gasteiger partial charge in [-0.2, -0.15) is 0 Å². The monoisotopic (exact) mass is 1030 g/mol. The molecule has 1 aliphatic rings. The minimum absolute atomic E-state index is 0.513. The Morgan fingerprint density at radius 2 is 0.637 bits per heavy atom. The number of aromatic nitrogens is 12. The van der Waals surface area contributed by atoms with Crippen LogP contribution in [0.4, 0.5) is 17.1 Å². The highest BCUT2D eigenvalue weighted by molar-refractivity contribution is 5.98. The van der Waals surface area contributed by atoms with E-state index in [1.54, 1.807) is 0 Å². The summed E-state index contributed by atoms with van der Waals surface area (Å²) >= 11 is 0. The fraction of sp³-hybridized carbons (Fsp3) is 0.0149. The predicted molar refractivity (Wildman–Crippen MR) is 315 cm³/mol. The van der Waals surface area contributed by atoms with Crippen molar-refractivity contribution in [2.24, 2.45) is 0 Å². The summed E-state index contributed by atoms with van der Waals surface area (Å²) in [7, 11) is 0. The molecule has 80 heavy (non-hydrogen) atoms. The van der Waals surface area contributed by atoms with Crippen molar-refractivity contribution < 1.29 is 0 Å².